The molecule has 0 radical (unpaired) electrons. The monoisotopic (exact) mass is 722 g/mol. The third-order valence-electron chi connectivity index (χ3n) is 9.10. The molecule has 14 heteroatoms. The Morgan fingerprint density at radius 1 is 0.569 bits per heavy atom. The number of phenols is 2. The van der Waals surface area contributed by atoms with Crippen molar-refractivity contribution in [1.29, 1.82) is 10.8 Å². The van der Waals surface area contributed by atoms with Gasteiger partial charge in [-0.2, -0.15) is 16.8 Å². The summed E-state index contributed by atoms with van der Waals surface area (Å²) < 4.78 is 64.7. The molecule has 0 spiro atoms. The Balaban J connectivity index is 1.28. The number of phenolic OH excluding ortho intramolecular Hbond substituents is 2. The van der Waals surface area contributed by atoms with Crippen molar-refractivity contribution in [3.8, 4) is 23.0 Å². The SMILES string of the molecule is CCC(CC)(c1ccc(OS(=O)(=O)c2cc([N+]#N)c(O)c3ccccc23)cc1)c1ccc(OS(=O)(=O)c2cc([N+]#N)c(O)c3ccccc23)cc1. The Bertz CT molecular complexity index is 2450. The third-order valence-corrected chi connectivity index (χ3v) is 11.7. The van der Waals surface area contributed by atoms with E-state index in [1.807, 2.05) is 13.8 Å². The van der Waals surface area contributed by atoms with Gasteiger partial charge in [-0.05, 0) is 48.2 Å². The molecule has 256 valence electrons. The number of nitrogens with zero attached hydrogens (tertiary/aromatic N) is 4. The Morgan fingerprint density at radius 2 is 0.902 bits per heavy atom. The molecule has 0 bridgehead atoms. The van der Waals surface area contributed by atoms with Crippen LogP contribution in [0.5, 0.6) is 23.0 Å². The molecule has 0 amide bonds. The Labute approximate surface area is 293 Å². The van der Waals surface area contributed by atoms with Gasteiger partial charge in [-0.15, -0.1) is 0 Å². The molecular weight excluding hydrogens is 693 g/mol. The Hall–Kier alpha value is -6.22. The number of benzene rings is 6. The number of aromatic hydroxyl groups is 2. The number of hydrogen-bond acceptors (Lipinski definition) is 10. The minimum absolute atomic E-state index is 0.0346. The van der Waals surface area contributed by atoms with E-state index in [0.29, 0.717) is 12.8 Å². The van der Waals surface area contributed by atoms with Gasteiger partial charge in [0.15, 0.2) is 9.95 Å². The van der Waals surface area contributed by atoms with Crippen molar-refractivity contribution < 1.29 is 35.4 Å². The predicted molar refractivity (Wildman–Crippen MR) is 191 cm³/mol. The van der Waals surface area contributed by atoms with Crippen molar-refractivity contribution >= 4 is 53.2 Å². The molecule has 51 heavy (non-hydrogen) atoms. The van der Waals surface area contributed by atoms with Crippen molar-refractivity contribution in [1.82, 2.24) is 0 Å². The lowest BCUT2D eigenvalue weighted by Crippen LogP contribution is -2.26. The minimum Gasteiger partial charge on any atom is -0.501 e. The molecule has 0 atom stereocenters. The molecule has 0 saturated carbocycles. The summed E-state index contributed by atoms with van der Waals surface area (Å²) in [6, 6.07) is 27.7. The highest BCUT2D eigenvalue weighted by molar-refractivity contribution is 7.87. The fourth-order valence-electron chi connectivity index (χ4n) is 6.43. The number of diazo groups is 2. The van der Waals surface area contributed by atoms with Crippen LogP contribution < -0.4 is 8.37 Å². The van der Waals surface area contributed by atoms with Crippen LogP contribution in [0.1, 0.15) is 37.8 Å². The fraction of sp³-hybridized carbons (Fsp3) is 0.135. The summed E-state index contributed by atoms with van der Waals surface area (Å²) in [5.41, 5.74) is 0.509. The molecule has 6 rings (SSSR count). The summed E-state index contributed by atoms with van der Waals surface area (Å²) in [7, 11) is -8.87. The topological polar surface area (TPSA) is 184 Å². The first-order valence-corrected chi connectivity index (χ1v) is 18.5. The number of rotatable bonds is 10. The fourth-order valence-corrected chi connectivity index (χ4v) is 8.74. The zero-order chi connectivity index (χ0) is 36.6. The maximum Gasteiger partial charge on any atom is 0.428 e. The molecule has 0 aliphatic rings. The molecule has 6 aromatic carbocycles. The molecule has 0 aromatic heterocycles. The lowest BCUT2D eigenvalue weighted by atomic mass is 9.70. The van der Waals surface area contributed by atoms with Gasteiger partial charge in [0.1, 0.15) is 21.3 Å². The molecule has 12 nitrogen and oxygen atoms in total. The van der Waals surface area contributed by atoms with Crippen molar-refractivity contribution in [2.45, 2.75) is 41.9 Å². The quantitative estimate of drug-likeness (QED) is 0.102. The van der Waals surface area contributed by atoms with Gasteiger partial charge in [0.05, 0.1) is 12.1 Å². The lowest BCUT2D eigenvalue weighted by Gasteiger charge is -2.33. The molecule has 6 aromatic rings. The second-order valence-electron chi connectivity index (χ2n) is 11.7. The molecule has 0 heterocycles. The summed E-state index contributed by atoms with van der Waals surface area (Å²) in [6.07, 6.45) is 1.28. The van der Waals surface area contributed by atoms with E-state index in [1.165, 1.54) is 48.5 Å². The summed E-state index contributed by atoms with van der Waals surface area (Å²) in [5, 5.41) is 40.3. The highest BCUT2D eigenvalue weighted by Gasteiger charge is 2.33. The highest BCUT2D eigenvalue weighted by atomic mass is 32.2. The van der Waals surface area contributed by atoms with Gasteiger partial charge in [-0.3, -0.25) is 0 Å². The van der Waals surface area contributed by atoms with E-state index in [1.54, 1.807) is 48.5 Å². The molecular formula is C37H30N4O8S2+2. The number of hydrogen-bond donors (Lipinski definition) is 2. The van der Waals surface area contributed by atoms with Crippen LogP contribution in [0.2, 0.25) is 0 Å². The largest absolute Gasteiger partial charge is 0.501 e. The minimum atomic E-state index is -4.43. The van der Waals surface area contributed by atoms with Gasteiger partial charge in [0.2, 0.25) is 22.3 Å². The van der Waals surface area contributed by atoms with Crippen LogP contribution in [0.15, 0.2) is 119 Å². The van der Waals surface area contributed by atoms with Crippen LogP contribution in [0.4, 0.5) is 11.4 Å². The molecule has 2 N–H and O–H groups in total. The van der Waals surface area contributed by atoms with Crippen LogP contribution in [0.3, 0.4) is 0 Å². The third kappa shape index (κ3) is 6.12. The zero-order valence-corrected chi connectivity index (χ0v) is 28.9. The van der Waals surface area contributed by atoms with Crippen LogP contribution in [0.25, 0.3) is 31.5 Å². The smallest absolute Gasteiger partial charge is 0.428 e. The first kappa shape index (κ1) is 34.6. The first-order chi connectivity index (χ1) is 24.4. The van der Waals surface area contributed by atoms with Gasteiger partial charge >= 0.3 is 31.6 Å². The first-order valence-electron chi connectivity index (χ1n) is 15.7. The zero-order valence-electron chi connectivity index (χ0n) is 27.3. The van der Waals surface area contributed by atoms with Crippen LogP contribution in [0, 0.1) is 10.8 Å². The lowest BCUT2D eigenvalue weighted by molar-refractivity contribution is 0.471. The predicted octanol–water partition coefficient (Wildman–Crippen LogP) is 9.01. The van der Waals surface area contributed by atoms with E-state index in [2.05, 4.69) is 9.95 Å². The summed E-state index contributed by atoms with van der Waals surface area (Å²) in [5.74, 6) is -0.668. The summed E-state index contributed by atoms with van der Waals surface area (Å²) in [6.45, 7) is 4.01. The molecule has 0 saturated heterocycles. The second-order valence-corrected chi connectivity index (χ2v) is 14.7. The standard InChI is InChI=1S/C37H28N4O8S2/c1-3-37(4-2,23-13-17-25(18-14-23)48-50(44,45)33-21-31(40-38)35(42)29-11-7-5-9-27(29)33)24-15-19-26(20-16-24)49-51(46,47)34-22-32(41-39)36(43)30-12-8-6-10-28(30)34/h5-22H,3-4H2,1-2H3/p+2. The Kier molecular flexibility index (Phi) is 8.99. The highest BCUT2D eigenvalue weighted by Crippen LogP contribution is 2.43. The van der Waals surface area contributed by atoms with E-state index in [4.69, 9.17) is 8.37 Å². The van der Waals surface area contributed by atoms with E-state index in [0.717, 1.165) is 23.3 Å². The molecule has 0 fully saturated rings. The van der Waals surface area contributed by atoms with Crippen LogP contribution >= 0.6 is 0 Å². The van der Waals surface area contributed by atoms with Crippen molar-refractivity contribution in [2.24, 2.45) is 0 Å². The number of fused-ring (bicyclic) bond motifs is 2. The normalized spacial score (nSPS) is 11.9. The van der Waals surface area contributed by atoms with E-state index in [-0.39, 0.29) is 65.7 Å². The van der Waals surface area contributed by atoms with Crippen molar-refractivity contribution in [3.05, 3.63) is 130 Å². The molecule has 0 aliphatic carbocycles. The van der Waals surface area contributed by atoms with E-state index < -0.39 is 25.7 Å². The van der Waals surface area contributed by atoms with Gasteiger partial charge in [0, 0.05) is 27.0 Å². The summed E-state index contributed by atoms with van der Waals surface area (Å²) >= 11 is 0. The summed E-state index contributed by atoms with van der Waals surface area (Å²) in [4.78, 5) is 5.47. The van der Waals surface area contributed by atoms with Gasteiger partial charge < -0.3 is 18.6 Å². The Morgan fingerprint density at radius 3 is 1.22 bits per heavy atom. The second kappa shape index (κ2) is 13.2. The average molecular weight is 723 g/mol. The van der Waals surface area contributed by atoms with Crippen LogP contribution in [-0.2, 0) is 25.7 Å². The maximum atomic E-state index is 13.4. The van der Waals surface area contributed by atoms with E-state index >= 15 is 0 Å². The molecule has 0 aliphatic heterocycles. The van der Waals surface area contributed by atoms with E-state index in [9.17, 15) is 37.8 Å². The van der Waals surface area contributed by atoms with Gasteiger partial charge in [0.25, 0.3) is 0 Å². The maximum absolute atomic E-state index is 13.4. The average Bonchev–Trinajstić information content (AvgIpc) is 3.13. The van der Waals surface area contributed by atoms with Crippen molar-refractivity contribution in [3.63, 3.8) is 0 Å². The van der Waals surface area contributed by atoms with Gasteiger partial charge in [-0.1, -0.05) is 86.6 Å². The van der Waals surface area contributed by atoms with Gasteiger partial charge in [-0.25, -0.2) is 0 Å². The van der Waals surface area contributed by atoms with Crippen molar-refractivity contribution in [2.75, 3.05) is 0 Å². The molecule has 0 unspecified atom stereocenters. The van der Waals surface area contributed by atoms with Crippen LogP contribution in [-0.4, -0.2) is 27.0 Å².